The fourth-order valence-corrected chi connectivity index (χ4v) is 2.71. The summed E-state index contributed by atoms with van der Waals surface area (Å²) in [6.45, 7) is 8.44. The molecule has 0 aromatic carbocycles. The van der Waals surface area contributed by atoms with Gasteiger partial charge in [0.2, 0.25) is 0 Å². The molecule has 102 valence electrons. The predicted molar refractivity (Wildman–Crippen MR) is 72.5 cm³/mol. The van der Waals surface area contributed by atoms with Crippen LogP contribution in [0.5, 0.6) is 0 Å². The summed E-state index contributed by atoms with van der Waals surface area (Å²) in [7, 11) is 2.04. The van der Waals surface area contributed by atoms with Gasteiger partial charge in [0.15, 0.2) is 0 Å². The second kappa shape index (κ2) is 5.41. The minimum Gasteiger partial charge on any atom is -0.378 e. The molecule has 1 fully saturated rings. The Morgan fingerprint density at radius 1 is 1.56 bits per heavy atom. The number of nitrogens with one attached hydrogen (secondary N) is 1. The second-order valence-corrected chi connectivity index (χ2v) is 5.71. The Balaban J connectivity index is 1.74. The van der Waals surface area contributed by atoms with Crippen LogP contribution in [0.15, 0.2) is 12.4 Å². The van der Waals surface area contributed by atoms with E-state index in [9.17, 15) is 0 Å². The van der Waals surface area contributed by atoms with E-state index in [1.165, 1.54) is 0 Å². The standard InChI is InChI=1S/C14H25N3O/c1-5-18-12-10-11(14(12,2)3)15-7-6-13-16-8-9-17(13)4/h8-9,11-12,15H,5-7,10H2,1-4H3. The molecule has 0 bridgehead atoms. The molecule has 0 amide bonds. The van der Waals surface area contributed by atoms with Gasteiger partial charge in [0.1, 0.15) is 5.82 Å². The first kappa shape index (κ1) is 13.6. The van der Waals surface area contributed by atoms with Gasteiger partial charge in [-0.05, 0) is 13.3 Å². The zero-order valence-electron chi connectivity index (χ0n) is 11.9. The molecule has 0 aliphatic heterocycles. The highest BCUT2D eigenvalue weighted by Gasteiger charge is 2.48. The van der Waals surface area contributed by atoms with Gasteiger partial charge in [0, 0.05) is 50.5 Å². The largest absolute Gasteiger partial charge is 0.378 e. The van der Waals surface area contributed by atoms with E-state index in [0.717, 1.165) is 31.8 Å². The lowest BCUT2D eigenvalue weighted by molar-refractivity contribution is -0.113. The highest BCUT2D eigenvalue weighted by Crippen LogP contribution is 2.42. The molecule has 1 aromatic rings. The third-order valence-corrected chi connectivity index (χ3v) is 4.21. The number of nitrogens with zero attached hydrogens (tertiary/aromatic N) is 2. The number of rotatable bonds is 6. The number of hydrogen-bond donors (Lipinski definition) is 1. The third-order valence-electron chi connectivity index (χ3n) is 4.21. The fraction of sp³-hybridized carbons (Fsp3) is 0.786. The van der Waals surface area contributed by atoms with E-state index in [4.69, 9.17) is 4.74 Å². The summed E-state index contributed by atoms with van der Waals surface area (Å²) < 4.78 is 7.82. The average molecular weight is 251 g/mol. The highest BCUT2D eigenvalue weighted by atomic mass is 16.5. The van der Waals surface area contributed by atoms with Crippen molar-refractivity contribution >= 4 is 0 Å². The van der Waals surface area contributed by atoms with Gasteiger partial charge < -0.3 is 14.6 Å². The van der Waals surface area contributed by atoms with Gasteiger partial charge >= 0.3 is 0 Å². The molecular formula is C14H25N3O. The van der Waals surface area contributed by atoms with E-state index in [-0.39, 0.29) is 5.41 Å². The van der Waals surface area contributed by atoms with E-state index in [2.05, 4.69) is 35.6 Å². The first-order valence-electron chi connectivity index (χ1n) is 6.87. The summed E-state index contributed by atoms with van der Waals surface area (Å²) in [6, 6.07) is 0.564. The van der Waals surface area contributed by atoms with Gasteiger partial charge in [-0.25, -0.2) is 4.98 Å². The zero-order chi connectivity index (χ0) is 13.2. The van der Waals surface area contributed by atoms with Crippen LogP contribution in [0.3, 0.4) is 0 Å². The van der Waals surface area contributed by atoms with Gasteiger partial charge in [-0.2, -0.15) is 0 Å². The normalized spacial score (nSPS) is 26.0. The number of aromatic nitrogens is 2. The van der Waals surface area contributed by atoms with E-state index >= 15 is 0 Å². The molecule has 4 nitrogen and oxygen atoms in total. The molecule has 4 heteroatoms. The molecule has 2 atom stereocenters. The fourth-order valence-electron chi connectivity index (χ4n) is 2.71. The first-order valence-corrected chi connectivity index (χ1v) is 6.87. The van der Waals surface area contributed by atoms with Gasteiger partial charge in [-0.1, -0.05) is 13.8 Å². The van der Waals surface area contributed by atoms with Crippen molar-refractivity contribution in [2.45, 2.75) is 45.8 Å². The van der Waals surface area contributed by atoms with Crippen LogP contribution in [0.4, 0.5) is 0 Å². The lowest BCUT2D eigenvalue weighted by Gasteiger charge is -2.52. The van der Waals surface area contributed by atoms with E-state index in [1.807, 2.05) is 19.4 Å². The summed E-state index contributed by atoms with van der Waals surface area (Å²) >= 11 is 0. The van der Waals surface area contributed by atoms with Crippen LogP contribution in [0, 0.1) is 5.41 Å². The summed E-state index contributed by atoms with van der Waals surface area (Å²) in [5.74, 6) is 1.14. The van der Waals surface area contributed by atoms with Gasteiger partial charge in [0.25, 0.3) is 0 Å². The molecule has 1 aliphatic carbocycles. The smallest absolute Gasteiger partial charge is 0.109 e. The zero-order valence-corrected chi connectivity index (χ0v) is 11.9. The predicted octanol–water partition coefficient (Wildman–Crippen LogP) is 1.76. The van der Waals surface area contributed by atoms with Gasteiger partial charge in [-0.3, -0.25) is 0 Å². The monoisotopic (exact) mass is 251 g/mol. The molecule has 18 heavy (non-hydrogen) atoms. The number of imidazole rings is 1. The van der Waals surface area contributed by atoms with Crippen molar-refractivity contribution in [3.05, 3.63) is 18.2 Å². The van der Waals surface area contributed by atoms with Crippen molar-refractivity contribution in [2.75, 3.05) is 13.2 Å². The molecule has 1 aliphatic rings. The lowest BCUT2D eigenvalue weighted by atomic mass is 9.64. The Labute approximate surface area is 110 Å². The number of ether oxygens (including phenoxy) is 1. The van der Waals surface area contributed by atoms with Crippen LogP contribution in [0.25, 0.3) is 0 Å². The van der Waals surface area contributed by atoms with E-state index < -0.39 is 0 Å². The Morgan fingerprint density at radius 3 is 2.89 bits per heavy atom. The maximum atomic E-state index is 5.74. The molecular weight excluding hydrogens is 226 g/mol. The minimum absolute atomic E-state index is 0.248. The third kappa shape index (κ3) is 2.59. The summed E-state index contributed by atoms with van der Waals surface area (Å²) in [6.07, 6.45) is 6.37. The van der Waals surface area contributed by atoms with E-state index in [0.29, 0.717) is 12.1 Å². The van der Waals surface area contributed by atoms with Gasteiger partial charge in [0.05, 0.1) is 6.10 Å². The molecule has 1 N–H and O–H groups in total. The van der Waals surface area contributed by atoms with Crippen LogP contribution >= 0.6 is 0 Å². The topological polar surface area (TPSA) is 39.1 Å². The molecule has 0 saturated heterocycles. The SMILES string of the molecule is CCOC1CC(NCCc2nccn2C)C1(C)C. The summed E-state index contributed by atoms with van der Waals surface area (Å²) in [5.41, 5.74) is 0.248. The molecule has 0 radical (unpaired) electrons. The molecule has 1 aromatic heterocycles. The van der Waals surface area contributed by atoms with E-state index in [1.54, 1.807) is 0 Å². The molecule has 1 saturated carbocycles. The van der Waals surface area contributed by atoms with Crippen LogP contribution in [0.1, 0.15) is 33.0 Å². The quantitative estimate of drug-likeness (QED) is 0.837. The summed E-state index contributed by atoms with van der Waals surface area (Å²) in [5, 5.41) is 3.63. The Hall–Kier alpha value is -0.870. The van der Waals surface area contributed by atoms with Crippen molar-refractivity contribution in [1.82, 2.24) is 14.9 Å². The Kier molecular flexibility index (Phi) is 4.07. The number of hydrogen-bond acceptors (Lipinski definition) is 3. The molecule has 0 spiro atoms. The maximum Gasteiger partial charge on any atom is 0.109 e. The van der Waals surface area contributed by atoms with Crippen molar-refractivity contribution in [2.24, 2.45) is 12.5 Å². The van der Waals surface area contributed by atoms with Crippen LogP contribution < -0.4 is 5.32 Å². The van der Waals surface area contributed by atoms with Crippen LogP contribution in [-0.2, 0) is 18.2 Å². The maximum absolute atomic E-state index is 5.74. The minimum atomic E-state index is 0.248. The molecule has 2 unspecified atom stereocenters. The average Bonchev–Trinajstić information content (AvgIpc) is 2.73. The van der Waals surface area contributed by atoms with Crippen molar-refractivity contribution in [3.63, 3.8) is 0 Å². The Morgan fingerprint density at radius 2 is 2.33 bits per heavy atom. The van der Waals surface area contributed by atoms with Crippen molar-refractivity contribution < 1.29 is 4.74 Å². The number of aryl methyl sites for hydroxylation is 1. The van der Waals surface area contributed by atoms with Crippen molar-refractivity contribution in [3.8, 4) is 0 Å². The molecule has 2 rings (SSSR count). The second-order valence-electron chi connectivity index (χ2n) is 5.71. The first-order chi connectivity index (χ1) is 8.55. The van der Waals surface area contributed by atoms with Crippen molar-refractivity contribution in [1.29, 1.82) is 0 Å². The summed E-state index contributed by atoms with van der Waals surface area (Å²) in [4.78, 5) is 4.34. The lowest BCUT2D eigenvalue weighted by Crippen LogP contribution is -2.61. The molecule has 1 heterocycles. The van der Waals surface area contributed by atoms with Gasteiger partial charge in [-0.15, -0.1) is 0 Å². The Bertz CT molecular complexity index is 386. The van der Waals surface area contributed by atoms with Crippen LogP contribution in [-0.4, -0.2) is 34.8 Å². The van der Waals surface area contributed by atoms with Crippen LogP contribution in [0.2, 0.25) is 0 Å². The highest BCUT2D eigenvalue weighted by molar-refractivity contribution is 5.03.